The molecule has 4 N–H and O–H groups in total. The number of benzene rings is 2. The Morgan fingerprint density at radius 2 is 1.73 bits per heavy atom. The van der Waals surface area contributed by atoms with Gasteiger partial charge in [0.15, 0.2) is 5.82 Å². The van der Waals surface area contributed by atoms with Crippen LogP contribution in [0.4, 0.5) is 11.5 Å². The van der Waals surface area contributed by atoms with Gasteiger partial charge in [-0.05, 0) is 36.4 Å². The minimum Gasteiger partial charge on any atom is -0.496 e. The molecular weight excluding hydrogens is 390 g/mol. The van der Waals surface area contributed by atoms with Crippen molar-refractivity contribution in [3.8, 4) is 17.4 Å². The van der Waals surface area contributed by atoms with Gasteiger partial charge >= 0.3 is 5.97 Å². The lowest BCUT2D eigenvalue weighted by molar-refractivity contribution is 0.0600. The molecule has 1 aromatic heterocycles. The van der Waals surface area contributed by atoms with Crippen molar-refractivity contribution in [1.82, 2.24) is 15.4 Å². The maximum atomic E-state index is 12.4. The van der Waals surface area contributed by atoms with E-state index in [9.17, 15) is 9.59 Å². The summed E-state index contributed by atoms with van der Waals surface area (Å²) in [5.74, 6) is 0.148. The summed E-state index contributed by atoms with van der Waals surface area (Å²) in [6.07, 6.45) is 1.23. The summed E-state index contributed by atoms with van der Waals surface area (Å²) in [6, 6.07) is 13.0. The molecule has 10 heteroatoms. The molecule has 30 heavy (non-hydrogen) atoms. The van der Waals surface area contributed by atoms with Crippen LogP contribution in [0, 0.1) is 0 Å². The first-order valence-electron chi connectivity index (χ1n) is 8.69. The number of nitrogen functional groups attached to an aromatic ring is 1. The number of para-hydroxylation sites is 1. The number of carbonyl (C=O) groups excluding carboxylic acids is 2. The second kappa shape index (κ2) is 9.24. The molecule has 0 unspecified atom stereocenters. The predicted molar refractivity (Wildman–Crippen MR) is 108 cm³/mol. The molecule has 0 fully saturated rings. The minimum absolute atomic E-state index is 0.0739. The summed E-state index contributed by atoms with van der Waals surface area (Å²) in [6.45, 7) is 0. The number of esters is 1. The van der Waals surface area contributed by atoms with Crippen LogP contribution in [0.2, 0.25) is 0 Å². The molecule has 3 rings (SSSR count). The largest absolute Gasteiger partial charge is 0.496 e. The summed E-state index contributed by atoms with van der Waals surface area (Å²) in [7, 11) is 2.78. The Labute approximate surface area is 172 Å². The number of rotatable bonds is 7. The number of nitrogens with one attached hydrogen (secondary N) is 2. The summed E-state index contributed by atoms with van der Waals surface area (Å²) >= 11 is 0. The van der Waals surface area contributed by atoms with Gasteiger partial charge in [0.05, 0.1) is 25.3 Å². The fourth-order valence-electron chi connectivity index (χ4n) is 2.46. The van der Waals surface area contributed by atoms with Gasteiger partial charge in [-0.3, -0.25) is 15.6 Å². The van der Waals surface area contributed by atoms with Crippen LogP contribution in [0.1, 0.15) is 20.7 Å². The van der Waals surface area contributed by atoms with Crippen molar-refractivity contribution in [2.24, 2.45) is 0 Å². The number of hydrogen-bond acceptors (Lipinski definition) is 9. The van der Waals surface area contributed by atoms with Crippen LogP contribution < -0.4 is 26.1 Å². The molecule has 0 radical (unpaired) electrons. The fraction of sp³-hybridized carbons (Fsp3) is 0.100. The number of aromatic nitrogens is 2. The Kier molecular flexibility index (Phi) is 6.28. The van der Waals surface area contributed by atoms with Crippen LogP contribution in [-0.2, 0) is 4.74 Å². The molecule has 1 heterocycles. The lowest BCUT2D eigenvalue weighted by Gasteiger charge is -2.13. The highest BCUT2D eigenvalue weighted by Crippen LogP contribution is 2.29. The van der Waals surface area contributed by atoms with E-state index in [0.29, 0.717) is 22.6 Å². The predicted octanol–water partition coefficient (Wildman–Crippen LogP) is 2.40. The number of hydrogen-bond donors (Lipinski definition) is 3. The third-order valence-corrected chi connectivity index (χ3v) is 3.98. The van der Waals surface area contributed by atoms with E-state index >= 15 is 0 Å². The molecule has 0 bridgehead atoms. The van der Waals surface area contributed by atoms with Crippen LogP contribution in [0.3, 0.4) is 0 Å². The van der Waals surface area contributed by atoms with Gasteiger partial charge in [0.2, 0.25) is 5.88 Å². The number of nitrogens with two attached hydrogens (primary N) is 1. The topological polar surface area (TPSA) is 138 Å². The third-order valence-electron chi connectivity index (χ3n) is 3.98. The molecule has 0 saturated heterocycles. The van der Waals surface area contributed by atoms with Gasteiger partial charge in [0, 0.05) is 0 Å². The Morgan fingerprint density at radius 1 is 1.00 bits per heavy atom. The lowest BCUT2D eigenvalue weighted by Crippen LogP contribution is -2.30. The Hall–Kier alpha value is -4.34. The first kappa shape index (κ1) is 20.4. The number of methoxy groups -OCH3 is 2. The first-order valence-corrected chi connectivity index (χ1v) is 8.69. The SMILES string of the molecule is COC(=O)c1ccc(Oc2ncnc(NNC(=O)c3ccccc3OC)c2N)cc1. The maximum absolute atomic E-state index is 12.4. The van der Waals surface area contributed by atoms with E-state index in [4.69, 9.17) is 15.2 Å². The second-order valence-corrected chi connectivity index (χ2v) is 5.84. The molecule has 3 aromatic rings. The second-order valence-electron chi connectivity index (χ2n) is 5.84. The molecule has 0 atom stereocenters. The van der Waals surface area contributed by atoms with Crippen molar-refractivity contribution < 1.29 is 23.8 Å². The standard InChI is InChI=1S/C20H19N5O5/c1-28-15-6-4-3-5-14(15)18(26)25-24-17-16(21)19(23-11-22-17)30-13-9-7-12(8-10-13)20(27)29-2/h3-11H,21H2,1-2H3,(H,25,26)(H,22,23,24). The van der Waals surface area contributed by atoms with Gasteiger partial charge < -0.3 is 19.9 Å². The quantitative estimate of drug-likeness (QED) is 0.397. The summed E-state index contributed by atoms with van der Waals surface area (Å²) in [5.41, 5.74) is 12.0. The molecule has 0 aliphatic rings. The van der Waals surface area contributed by atoms with E-state index in [1.165, 1.54) is 20.5 Å². The number of nitrogens with zero attached hydrogens (tertiary/aromatic N) is 2. The number of carbonyl (C=O) groups is 2. The van der Waals surface area contributed by atoms with E-state index < -0.39 is 11.9 Å². The van der Waals surface area contributed by atoms with Gasteiger partial charge in [0.25, 0.3) is 5.91 Å². The maximum Gasteiger partial charge on any atom is 0.337 e. The van der Waals surface area contributed by atoms with E-state index in [1.807, 2.05) is 0 Å². The number of hydrazine groups is 1. The zero-order chi connectivity index (χ0) is 21.5. The Bertz CT molecular complexity index is 1060. The molecule has 1 amide bonds. The van der Waals surface area contributed by atoms with Gasteiger partial charge in [-0.1, -0.05) is 12.1 Å². The monoisotopic (exact) mass is 409 g/mol. The highest BCUT2D eigenvalue weighted by Gasteiger charge is 2.14. The van der Waals surface area contributed by atoms with Crippen LogP contribution in [0.15, 0.2) is 54.9 Å². The van der Waals surface area contributed by atoms with Crippen LogP contribution >= 0.6 is 0 Å². The van der Waals surface area contributed by atoms with Crippen LogP contribution in [0.5, 0.6) is 17.4 Å². The van der Waals surface area contributed by atoms with E-state index in [1.54, 1.807) is 48.5 Å². The third kappa shape index (κ3) is 4.55. The van der Waals surface area contributed by atoms with E-state index in [2.05, 4.69) is 25.6 Å². The van der Waals surface area contributed by atoms with Crippen molar-refractivity contribution in [1.29, 1.82) is 0 Å². The number of anilines is 2. The van der Waals surface area contributed by atoms with Crippen molar-refractivity contribution in [2.75, 3.05) is 25.4 Å². The smallest absolute Gasteiger partial charge is 0.337 e. The average molecular weight is 409 g/mol. The summed E-state index contributed by atoms with van der Waals surface area (Å²) < 4.78 is 15.5. The molecule has 0 aliphatic carbocycles. The Balaban J connectivity index is 1.70. The van der Waals surface area contributed by atoms with Gasteiger partial charge in [-0.15, -0.1) is 0 Å². The molecule has 0 spiro atoms. The lowest BCUT2D eigenvalue weighted by atomic mass is 10.2. The van der Waals surface area contributed by atoms with Crippen molar-refractivity contribution in [2.45, 2.75) is 0 Å². The van der Waals surface area contributed by atoms with Gasteiger partial charge in [-0.25, -0.2) is 9.78 Å². The molecule has 2 aromatic carbocycles. The minimum atomic E-state index is -0.458. The highest BCUT2D eigenvalue weighted by molar-refractivity contribution is 5.97. The van der Waals surface area contributed by atoms with E-state index in [0.717, 1.165) is 0 Å². The van der Waals surface area contributed by atoms with Crippen LogP contribution in [0.25, 0.3) is 0 Å². The Morgan fingerprint density at radius 3 is 2.43 bits per heavy atom. The zero-order valence-electron chi connectivity index (χ0n) is 16.2. The number of ether oxygens (including phenoxy) is 3. The van der Waals surface area contributed by atoms with Gasteiger partial charge in [0.1, 0.15) is 23.5 Å². The molecule has 0 saturated carbocycles. The first-order chi connectivity index (χ1) is 14.5. The molecule has 154 valence electrons. The number of amides is 1. The molecule has 0 aliphatic heterocycles. The van der Waals surface area contributed by atoms with Crippen molar-refractivity contribution in [3.05, 3.63) is 66.0 Å². The highest BCUT2D eigenvalue weighted by atomic mass is 16.5. The normalized spacial score (nSPS) is 10.1. The summed E-state index contributed by atoms with van der Waals surface area (Å²) in [5, 5.41) is 0. The van der Waals surface area contributed by atoms with Crippen molar-refractivity contribution >= 4 is 23.4 Å². The summed E-state index contributed by atoms with van der Waals surface area (Å²) in [4.78, 5) is 31.9. The van der Waals surface area contributed by atoms with Crippen molar-refractivity contribution in [3.63, 3.8) is 0 Å². The van der Waals surface area contributed by atoms with Crippen LogP contribution in [-0.4, -0.2) is 36.1 Å². The van der Waals surface area contributed by atoms with Gasteiger partial charge in [-0.2, -0.15) is 4.98 Å². The average Bonchev–Trinajstić information content (AvgIpc) is 2.79. The molecule has 10 nitrogen and oxygen atoms in total. The zero-order valence-corrected chi connectivity index (χ0v) is 16.2. The molecular formula is C20H19N5O5. The fourth-order valence-corrected chi connectivity index (χ4v) is 2.46. The van der Waals surface area contributed by atoms with E-state index in [-0.39, 0.29) is 17.4 Å².